The average molecular weight is 525 g/mol. The minimum absolute atomic E-state index is 0.416. The SMILES string of the molecule is CCCC(O)(CCC)[C@@H](Cc1ccccc1)NC(=O)C(=O)N[C@H](Cc1ccccc1)C(O)(CCC)CCC. The molecule has 2 rings (SSSR count). The van der Waals surface area contributed by atoms with Gasteiger partial charge in [0.15, 0.2) is 0 Å². The summed E-state index contributed by atoms with van der Waals surface area (Å²) in [6.45, 7) is 8.02. The van der Waals surface area contributed by atoms with Crippen LogP contribution in [0, 0.1) is 0 Å². The molecule has 0 aromatic heterocycles. The molecule has 38 heavy (non-hydrogen) atoms. The van der Waals surface area contributed by atoms with Crippen molar-refractivity contribution in [2.45, 2.75) is 115 Å². The molecule has 0 aliphatic heterocycles. The van der Waals surface area contributed by atoms with Crippen molar-refractivity contribution in [3.63, 3.8) is 0 Å². The van der Waals surface area contributed by atoms with E-state index in [0.717, 1.165) is 36.8 Å². The van der Waals surface area contributed by atoms with Crippen LogP contribution in [0.3, 0.4) is 0 Å². The summed E-state index contributed by atoms with van der Waals surface area (Å²) in [7, 11) is 0. The lowest BCUT2D eigenvalue weighted by molar-refractivity contribution is -0.143. The molecule has 0 radical (unpaired) electrons. The Morgan fingerprint density at radius 3 is 1.16 bits per heavy atom. The van der Waals surface area contributed by atoms with Gasteiger partial charge < -0.3 is 20.8 Å². The number of hydrogen-bond donors (Lipinski definition) is 4. The number of nitrogens with one attached hydrogen (secondary N) is 2. The maximum absolute atomic E-state index is 13.3. The monoisotopic (exact) mass is 524 g/mol. The van der Waals surface area contributed by atoms with E-state index in [0.29, 0.717) is 38.5 Å². The summed E-state index contributed by atoms with van der Waals surface area (Å²) in [5.41, 5.74) is -0.314. The van der Waals surface area contributed by atoms with E-state index < -0.39 is 35.1 Å². The van der Waals surface area contributed by atoms with Crippen LogP contribution < -0.4 is 10.6 Å². The Kier molecular flexibility index (Phi) is 13.0. The summed E-state index contributed by atoms with van der Waals surface area (Å²) in [5.74, 6) is -1.57. The predicted molar refractivity (Wildman–Crippen MR) is 154 cm³/mol. The highest BCUT2D eigenvalue weighted by Gasteiger charge is 2.40. The van der Waals surface area contributed by atoms with Crippen molar-refractivity contribution in [2.75, 3.05) is 0 Å². The van der Waals surface area contributed by atoms with E-state index in [1.807, 2.05) is 88.4 Å². The van der Waals surface area contributed by atoms with Gasteiger partial charge in [-0.1, -0.05) is 114 Å². The van der Waals surface area contributed by atoms with E-state index in [1.54, 1.807) is 0 Å². The molecule has 2 amide bonds. The Hall–Kier alpha value is -2.70. The van der Waals surface area contributed by atoms with Gasteiger partial charge in [-0.3, -0.25) is 9.59 Å². The van der Waals surface area contributed by atoms with Gasteiger partial charge in [0.05, 0.1) is 23.3 Å². The van der Waals surface area contributed by atoms with E-state index in [4.69, 9.17) is 0 Å². The summed E-state index contributed by atoms with van der Waals surface area (Å²) >= 11 is 0. The second kappa shape index (κ2) is 15.6. The molecule has 0 unspecified atom stereocenters. The van der Waals surface area contributed by atoms with Crippen LogP contribution in [0.2, 0.25) is 0 Å². The second-order valence-corrected chi connectivity index (χ2v) is 10.6. The fourth-order valence-corrected chi connectivity index (χ4v) is 5.58. The highest BCUT2D eigenvalue weighted by molar-refractivity contribution is 6.35. The first-order chi connectivity index (χ1) is 18.2. The van der Waals surface area contributed by atoms with E-state index in [9.17, 15) is 19.8 Å². The molecule has 0 heterocycles. The Labute approximate surface area is 229 Å². The van der Waals surface area contributed by atoms with Crippen LogP contribution in [-0.4, -0.2) is 45.3 Å². The van der Waals surface area contributed by atoms with Crippen molar-refractivity contribution in [1.29, 1.82) is 0 Å². The summed E-state index contributed by atoms with van der Waals surface area (Å²) in [4.78, 5) is 26.6. The van der Waals surface area contributed by atoms with Gasteiger partial charge in [-0.2, -0.15) is 0 Å². The van der Waals surface area contributed by atoms with Gasteiger partial charge in [0.2, 0.25) is 0 Å². The van der Waals surface area contributed by atoms with Gasteiger partial charge in [-0.25, -0.2) is 0 Å². The number of amides is 2. The third kappa shape index (κ3) is 9.25. The molecule has 4 N–H and O–H groups in total. The Morgan fingerprint density at radius 2 is 0.895 bits per heavy atom. The van der Waals surface area contributed by atoms with Gasteiger partial charge in [-0.05, 0) is 49.7 Å². The number of aliphatic hydroxyl groups is 2. The summed E-state index contributed by atoms with van der Waals surface area (Å²) in [6.07, 6.45) is 5.92. The molecular formula is C32H48N2O4. The summed E-state index contributed by atoms with van der Waals surface area (Å²) < 4.78 is 0. The van der Waals surface area contributed by atoms with Crippen LogP contribution in [0.5, 0.6) is 0 Å². The van der Waals surface area contributed by atoms with Crippen molar-refractivity contribution < 1.29 is 19.8 Å². The van der Waals surface area contributed by atoms with Crippen LogP contribution in [0.25, 0.3) is 0 Å². The minimum atomic E-state index is -1.14. The van der Waals surface area contributed by atoms with Crippen LogP contribution in [0.1, 0.15) is 90.2 Å². The number of carbonyl (C=O) groups excluding carboxylic acids is 2. The minimum Gasteiger partial charge on any atom is -0.388 e. The molecule has 0 saturated heterocycles. The molecule has 0 aliphatic rings. The average Bonchev–Trinajstić information content (AvgIpc) is 2.89. The Bertz CT molecular complexity index is 872. The summed E-state index contributed by atoms with van der Waals surface area (Å²) in [5, 5.41) is 29.0. The van der Waals surface area contributed by atoms with Crippen molar-refractivity contribution in [1.82, 2.24) is 10.6 Å². The molecule has 0 spiro atoms. The first-order valence-electron chi connectivity index (χ1n) is 14.3. The highest BCUT2D eigenvalue weighted by Crippen LogP contribution is 2.28. The standard InChI is InChI=1S/C32H48N2O4/c1-5-19-31(37,20-6-2)27(23-25-15-11-9-12-16-25)33-29(35)30(36)34-28(24-26-17-13-10-14-18-26)32(38,21-7-3)22-8-4/h9-18,27-28,37-38H,5-8,19-24H2,1-4H3,(H,33,35)(H,34,36)/t27-,28-/m1/s1. The molecule has 0 aliphatic carbocycles. The number of benzene rings is 2. The van der Waals surface area contributed by atoms with E-state index in [1.165, 1.54) is 0 Å². The van der Waals surface area contributed by atoms with E-state index in [2.05, 4.69) is 10.6 Å². The molecule has 2 aromatic carbocycles. The van der Waals surface area contributed by atoms with Crippen LogP contribution in [0.4, 0.5) is 0 Å². The zero-order valence-corrected chi connectivity index (χ0v) is 23.7. The molecule has 6 heteroatoms. The fraction of sp³-hybridized carbons (Fsp3) is 0.562. The number of rotatable bonds is 16. The largest absolute Gasteiger partial charge is 0.388 e. The maximum atomic E-state index is 13.3. The first-order valence-corrected chi connectivity index (χ1v) is 14.3. The zero-order valence-electron chi connectivity index (χ0n) is 23.7. The van der Waals surface area contributed by atoms with Gasteiger partial charge in [0, 0.05) is 0 Å². The number of carbonyl (C=O) groups is 2. The normalized spacial score (nSPS) is 13.5. The maximum Gasteiger partial charge on any atom is 0.309 e. The third-order valence-electron chi connectivity index (χ3n) is 7.41. The van der Waals surface area contributed by atoms with Crippen molar-refractivity contribution >= 4 is 11.8 Å². The third-order valence-corrected chi connectivity index (χ3v) is 7.41. The van der Waals surface area contributed by atoms with E-state index >= 15 is 0 Å². The Balaban J connectivity index is 2.30. The molecule has 2 atom stereocenters. The molecule has 6 nitrogen and oxygen atoms in total. The highest BCUT2D eigenvalue weighted by atomic mass is 16.3. The molecule has 0 saturated carbocycles. The Morgan fingerprint density at radius 1 is 0.605 bits per heavy atom. The lowest BCUT2D eigenvalue weighted by Crippen LogP contribution is -2.60. The second-order valence-electron chi connectivity index (χ2n) is 10.6. The lowest BCUT2D eigenvalue weighted by Gasteiger charge is -2.38. The molecule has 0 fully saturated rings. The summed E-state index contributed by atoms with van der Waals surface area (Å²) in [6, 6.07) is 18.2. The quantitative estimate of drug-likeness (QED) is 0.230. The predicted octanol–water partition coefficient (Wildman–Crippen LogP) is 5.10. The topological polar surface area (TPSA) is 98.7 Å². The molecule has 210 valence electrons. The fourth-order valence-electron chi connectivity index (χ4n) is 5.58. The smallest absolute Gasteiger partial charge is 0.309 e. The zero-order chi connectivity index (χ0) is 28.0. The van der Waals surface area contributed by atoms with Gasteiger partial charge in [0.25, 0.3) is 0 Å². The lowest BCUT2D eigenvalue weighted by atomic mass is 9.81. The van der Waals surface area contributed by atoms with Gasteiger partial charge in [-0.15, -0.1) is 0 Å². The van der Waals surface area contributed by atoms with Gasteiger partial charge in [0.1, 0.15) is 0 Å². The van der Waals surface area contributed by atoms with Crippen molar-refractivity contribution in [2.24, 2.45) is 0 Å². The molecule has 2 aromatic rings. The van der Waals surface area contributed by atoms with Crippen molar-refractivity contribution in [3.05, 3.63) is 71.8 Å². The van der Waals surface area contributed by atoms with Crippen LogP contribution in [-0.2, 0) is 22.4 Å². The molecular weight excluding hydrogens is 476 g/mol. The van der Waals surface area contributed by atoms with E-state index in [-0.39, 0.29) is 0 Å². The van der Waals surface area contributed by atoms with Gasteiger partial charge >= 0.3 is 11.8 Å². The van der Waals surface area contributed by atoms with Crippen LogP contribution >= 0.6 is 0 Å². The van der Waals surface area contributed by atoms with Crippen molar-refractivity contribution in [3.8, 4) is 0 Å². The van der Waals surface area contributed by atoms with Crippen LogP contribution in [0.15, 0.2) is 60.7 Å². The number of hydrogen-bond acceptors (Lipinski definition) is 4. The first kappa shape index (κ1) is 31.5. The molecule has 0 bridgehead atoms.